The minimum absolute atomic E-state index is 0.256. The predicted molar refractivity (Wildman–Crippen MR) is 55.4 cm³/mol. The van der Waals surface area contributed by atoms with Crippen molar-refractivity contribution in [3.63, 3.8) is 0 Å². The maximum Gasteiger partial charge on any atom is 0.132 e. The molecule has 2 N–H and O–H groups in total. The van der Waals surface area contributed by atoms with Crippen LogP contribution in [0.3, 0.4) is 0 Å². The fraction of sp³-hybridized carbons (Fsp3) is 0.100. The van der Waals surface area contributed by atoms with E-state index in [-0.39, 0.29) is 5.82 Å². The van der Waals surface area contributed by atoms with Gasteiger partial charge in [-0.05, 0) is 17.7 Å². The van der Waals surface area contributed by atoms with E-state index in [9.17, 15) is 4.39 Å². The summed E-state index contributed by atoms with van der Waals surface area (Å²) in [5, 5.41) is 1.82. The number of hydrogen-bond acceptors (Lipinski definition) is 3. The zero-order valence-electron chi connectivity index (χ0n) is 7.40. The highest BCUT2D eigenvalue weighted by molar-refractivity contribution is 7.07. The van der Waals surface area contributed by atoms with Crippen LogP contribution in [-0.2, 0) is 6.54 Å². The SMILES string of the molecule is NCc1ccc(F)c(-c2cscn2)c1. The van der Waals surface area contributed by atoms with E-state index in [1.54, 1.807) is 17.6 Å². The Morgan fingerprint density at radius 1 is 1.43 bits per heavy atom. The lowest BCUT2D eigenvalue weighted by Gasteiger charge is -2.02. The van der Waals surface area contributed by atoms with Gasteiger partial charge >= 0.3 is 0 Å². The van der Waals surface area contributed by atoms with E-state index in [0.717, 1.165) is 5.56 Å². The molecule has 0 spiro atoms. The maximum atomic E-state index is 13.4. The molecular weight excluding hydrogens is 199 g/mol. The summed E-state index contributed by atoms with van der Waals surface area (Å²) in [5.41, 5.74) is 9.27. The normalized spacial score (nSPS) is 10.4. The Hall–Kier alpha value is -1.26. The third-order valence-corrected chi connectivity index (χ3v) is 2.56. The first kappa shape index (κ1) is 9.30. The molecule has 0 bridgehead atoms. The molecule has 0 radical (unpaired) electrons. The predicted octanol–water partition coefficient (Wildman–Crippen LogP) is 2.41. The highest BCUT2D eigenvalue weighted by atomic mass is 32.1. The smallest absolute Gasteiger partial charge is 0.132 e. The van der Waals surface area contributed by atoms with Crippen molar-refractivity contribution in [2.24, 2.45) is 5.73 Å². The molecule has 0 fully saturated rings. The van der Waals surface area contributed by atoms with Gasteiger partial charge < -0.3 is 5.73 Å². The molecule has 0 unspecified atom stereocenters. The van der Waals surface area contributed by atoms with Gasteiger partial charge in [-0.25, -0.2) is 9.37 Å². The number of aromatic nitrogens is 1. The molecule has 0 aliphatic rings. The number of halogens is 1. The summed E-state index contributed by atoms with van der Waals surface area (Å²) >= 11 is 1.45. The molecule has 72 valence electrons. The van der Waals surface area contributed by atoms with E-state index in [4.69, 9.17) is 5.73 Å². The van der Waals surface area contributed by atoms with Crippen molar-refractivity contribution in [3.05, 3.63) is 40.5 Å². The lowest BCUT2D eigenvalue weighted by Crippen LogP contribution is -1.97. The molecule has 0 amide bonds. The van der Waals surface area contributed by atoms with Crippen LogP contribution in [0.2, 0.25) is 0 Å². The molecule has 2 nitrogen and oxygen atoms in total. The van der Waals surface area contributed by atoms with Crippen molar-refractivity contribution in [1.29, 1.82) is 0 Å². The number of benzene rings is 1. The maximum absolute atomic E-state index is 13.4. The largest absolute Gasteiger partial charge is 0.326 e. The summed E-state index contributed by atoms with van der Waals surface area (Å²) < 4.78 is 13.4. The average molecular weight is 208 g/mol. The second-order valence-corrected chi connectivity index (χ2v) is 3.61. The number of hydrogen-bond donors (Lipinski definition) is 1. The van der Waals surface area contributed by atoms with Gasteiger partial charge in [0.15, 0.2) is 0 Å². The first-order valence-corrected chi connectivity index (χ1v) is 5.12. The van der Waals surface area contributed by atoms with E-state index in [1.807, 2.05) is 5.38 Å². The fourth-order valence-corrected chi connectivity index (χ4v) is 1.79. The van der Waals surface area contributed by atoms with Crippen LogP contribution in [0.5, 0.6) is 0 Å². The number of nitrogens with zero attached hydrogens (tertiary/aromatic N) is 1. The van der Waals surface area contributed by atoms with Gasteiger partial charge in [0.2, 0.25) is 0 Å². The summed E-state index contributed by atoms with van der Waals surface area (Å²) in [6.07, 6.45) is 0. The van der Waals surface area contributed by atoms with Crippen LogP contribution in [0.1, 0.15) is 5.56 Å². The van der Waals surface area contributed by atoms with Crippen LogP contribution in [0.4, 0.5) is 4.39 Å². The van der Waals surface area contributed by atoms with Crippen molar-refractivity contribution < 1.29 is 4.39 Å². The lowest BCUT2D eigenvalue weighted by atomic mass is 10.1. The first-order valence-electron chi connectivity index (χ1n) is 4.18. The zero-order chi connectivity index (χ0) is 9.97. The molecule has 1 aromatic heterocycles. The minimum atomic E-state index is -0.256. The Bertz CT molecular complexity index is 426. The van der Waals surface area contributed by atoms with E-state index >= 15 is 0 Å². The molecule has 0 saturated carbocycles. The number of rotatable bonds is 2. The molecule has 1 aromatic carbocycles. The summed E-state index contributed by atoms with van der Waals surface area (Å²) in [6.45, 7) is 0.414. The van der Waals surface area contributed by atoms with E-state index in [0.29, 0.717) is 17.8 Å². The van der Waals surface area contributed by atoms with Crippen LogP contribution in [0.15, 0.2) is 29.1 Å². The minimum Gasteiger partial charge on any atom is -0.326 e. The van der Waals surface area contributed by atoms with Crippen molar-refractivity contribution in [2.75, 3.05) is 0 Å². The quantitative estimate of drug-likeness (QED) is 0.823. The molecule has 2 rings (SSSR count). The Balaban J connectivity index is 2.51. The second kappa shape index (κ2) is 3.86. The molecular formula is C10H9FN2S. The van der Waals surface area contributed by atoms with Gasteiger partial charge in [-0.1, -0.05) is 6.07 Å². The van der Waals surface area contributed by atoms with Crippen molar-refractivity contribution in [3.8, 4) is 11.3 Å². The third-order valence-electron chi connectivity index (χ3n) is 1.97. The van der Waals surface area contributed by atoms with Gasteiger partial charge in [-0.15, -0.1) is 11.3 Å². The van der Waals surface area contributed by atoms with Gasteiger partial charge in [0.25, 0.3) is 0 Å². The molecule has 0 atom stereocenters. The van der Waals surface area contributed by atoms with Gasteiger partial charge in [0, 0.05) is 17.5 Å². The second-order valence-electron chi connectivity index (χ2n) is 2.89. The van der Waals surface area contributed by atoms with Crippen LogP contribution in [-0.4, -0.2) is 4.98 Å². The molecule has 1 heterocycles. The highest BCUT2D eigenvalue weighted by Gasteiger charge is 2.07. The van der Waals surface area contributed by atoms with Crippen molar-refractivity contribution >= 4 is 11.3 Å². The molecule has 0 saturated heterocycles. The zero-order valence-corrected chi connectivity index (χ0v) is 8.22. The summed E-state index contributed by atoms with van der Waals surface area (Å²) in [6, 6.07) is 4.85. The van der Waals surface area contributed by atoms with E-state index in [1.165, 1.54) is 17.4 Å². The standard InChI is InChI=1S/C10H9FN2S/c11-9-2-1-7(4-12)3-8(9)10-5-14-6-13-10/h1-3,5-6H,4,12H2. The molecule has 2 aromatic rings. The Labute approximate surface area is 85.2 Å². The van der Waals surface area contributed by atoms with Gasteiger partial charge in [-0.3, -0.25) is 0 Å². The average Bonchev–Trinajstić information content (AvgIpc) is 2.71. The fourth-order valence-electron chi connectivity index (χ4n) is 1.24. The summed E-state index contributed by atoms with van der Waals surface area (Å²) in [7, 11) is 0. The van der Waals surface area contributed by atoms with E-state index in [2.05, 4.69) is 4.98 Å². The topological polar surface area (TPSA) is 38.9 Å². The monoisotopic (exact) mass is 208 g/mol. The molecule has 0 aliphatic heterocycles. The van der Waals surface area contributed by atoms with Crippen LogP contribution in [0.25, 0.3) is 11.3 Å². The Morgan fingerprint density at radius 2 is 2.29 bits per heavy atom. The highest BCUT2D eigenvalue weighted by Crippen LogP contribution is 2.23. The van der Waals surface area contributed by atoms with Gasteiger partial charge in [0.05, 0.1) is 11.2 Å². The van der Waals surface area contributed by atoms with Crippen LogP contribution in [0, 0.1) is 5.82 Å². The molecule has 14 heavy (non-hydrogen) atoms. The number of thiazole rings is 1. The lowest BCUT2D eigenvalue weighted by molar-refractivity contribution is 0.630. The number of nitrogens with two attached hydrogens (primary N) is 1. The molecule has 0 aliphatic carbocycles. The third kappa shape index (κ3) is 1.66. The Morgan fingerprint density at radius 3 is 2.93 bits per heavy atom. The molecule has 4 heteroatoms. The summed E-state index contributed by atoms with van der Waals surface area (Å²) in [4.78, 5) is 4.06. The summed E-state index contributed by atoms with van der Waals surface area (Å²) in [5.74, 6) is -0.256. The van der Waals surface area contributed by atoms with E-state index < -0.39 is 0 Å². The Kier molecular flexibility index (Phi) is 2.56. The van der Waals surface area contributed by atoms with Crippen molar-refractivity contribution in [1.82, 2.24) is 4.98 Å². The van der Waals surface area contributed by atoms with Crippen LogP contribution < -0.4 is 5.73 Å². The first-order chi connectivity index (χ1) is 6.81. The van der Waals surface area contributed by atoms with Gasteiger partial charge in [-0.2, -0.15) is 0 Å². The van der Waals surface area contributed by atoms with Crippen molar-refractivity contribution in [2.45, 2.75) is 6.54 Å². The van der Waals surface area contributed by atoms with Crippen LogP contribution >= 0.6 is 11.3 Å². The van der Waals surface area contributed by atoms with Gasteiger partial charge in [0.1, 0.15) is 5.82 Å².